The number of H-pyrrole nitrogens is 1. The van der Waals surface area contributed by atoms with Crippen molar-refractivity contribution in [2.24, 2.45) is 0 Å². The van der Waals surface area contributed by atoms with Crippen molar-refractivity contribution in [1.29, 1.82) is 0 Å². The molecule has 4 aromatic rings. The number of pyridine rings is 1. The van der Waals surface area contributed by atoms with E-state index in [2.05, 4.69) is 29.2 Å². The molecule has 2 aromatic carbocycles. The van der Waals surface area contributed by atoms with Gasteiger partial charge in [-0.15, -0.1) is 0 Å². The normalized spacial score (nSPS) is 16.1. The predicted molar refractivity (Wildman–Crippen MR) is 124 cm³/mol. The Bertz CT molecular complexity index is 1250. The third-order valence-corrected chi connectivity index (χ3v) is 6.42. The van der Waals surface area contributed by atoms with Crippen LogP contribution in [0.4, 0.5) is 4.39 Å². The SMILES string of the molecule is Cc1[nH]c2ccc(F)cc2c1CC(=O)N1CCC[C@@H]1c1ccc(Cc2ccccc2)cn1. The fourth-order valence-electron chi connectivity index (χ4n) is 4.78. The largest absolute Gasteiger partial charge is 0.358 e. The lowest BCUT2D eigenvalue weighted by atomic mass is 10.0. The van der Waals surface area contributed by atoms with E-state index >= 15 is 0 Å². The van der Waals surface area contributed by atoms with Gasteiger partial charge in [0.1, 0.15) is 5.82 Å². The molecule has 1 amide bonds. The molecule has 3 heterocycles. The highest BCUT2D eigenvalue weighted by molar-refractivity contribution is 5.90. The van der Waals surface area contributed by atoms with Crippen LogP contribution in [0, 0.1) is 12.7 Å². The highest BCUT2D eigenvalue weighted by atomic mass is 19.1. The van der Waals surface area contributed by atoms with Crippen molar-refractivity contribution < 1.29 is 9.18 Å². The zero-order chi connectivity index (χ0) is 22.1. The summed E-state index contributed by atoms with van der Waals surface area (Å²) in [6.07, 6.45) is 4.91. The number of rotatable bonds is 5. The number of likely N-dealkylation sites (tertiary alicyclic amines) is 1. The molecule has 32 heavy (non-hydrogen) atoms. The van der Waals surface area contributed by atoms with Crippen molar-refractivity contribution in [3.63, 3.8) is 0 Å². The number of amides is 1. The molecule has 0 bridgehead atoms. The Kier molecular flexibility index (Phi) is 5.48. The lowest BCUT2D eigenvalue weighted by Gasteiger charge is -2.24. The Morgan fingerprint density at radius 2 is 1.97 bits per heavy atom. The Labute approximate surface area is 187 Å². The minimum atomic E-state index is -0.288. The molecule has 5 heteroatoms. The van der Waals surface area contributed by atoms with Crippen LogP contribution >= 0.6 is 0 Å². The number of benzene rings is 2. The highest BCUT2D eigenvalue weighted by Gasteiger charge is 2.31. The van der Waals surface area contributed by atoms with Crippen molar-refractivity contribution in [2.45, 2.75) is 38.6 Å². The Hall–Kier alpha value is -3.47. The lowest BCUT2D eigenvalue weighted by molar-refractivity contribution is -0.131. The van der Waals surface area contributed by atoms with Gasteiger partial charge in [-0.1, -0.05) is 36.4 Å². The van der Waals surface area contributed by atoms with E-state index in [0.717, 1.165) is 59.2 Å². The summed E-state index contributed by atoms with van der Waals surface area (Å²) in [7, 11) is 0. The first kappa shape index (κ1) is 20.4. The van der Waals surface area contributed by atoms with Gasteiger partial charge in [0.05, 0.1) is 18.2 Å². The van der Waals surface area contributed by atoms with E-state index in [0.29, 0.717) is 0 Å². The molecule has 5 rings (SSSR count). The molecular formula is C27H26FN3O. The van der Waals surface area contributed by atoms with Crippen molar-refractivity contribution in [3.8, 4) is 0 Å². The van der Waals surface area contributed by atoms with Gasteiger partial charge in [0.25, 0.3) is 0 Å². The summed E-state index contributed by atoms with van der Waals surface area (Å²) < 4.78 is 13.8. The van der Waals surface area contributed by atoms with Crippen LogP contribution in [-0.2, 0) is 17.6 Å². The minimum absolute atomic E-state index is 0.00414. The van der Waals surface area contributed by atoms with Crippen LogP contribution in [0.25, 0.3) is 10.9 Å². The molecule has 1 fully saturated rings. The number of aromatic amines is 1. The fourth-order valence-corrected chi connectivity index (χ4v) is 4.78. The van der Waals surface area contributed by atoms with Gasteiger partial charge in [0, 0.05) is 29.3 Å². The third kappa shape index (κ3) is 4.03. The monoisotopic (exact) mass is 427 g/mol. The van der Waals surface area contributed by atoms with E-state index in [4.69, 9.17) is 4.98 Å². The Balaban J connectivity index is 1.33. The second kappa shape index (κ2) is 8.58. The third-order valence-electron chi connectivity index (χ3n) is 6.42. The first-order chi connectivity index (χ1) is 15.6. The molecular weight excluding hydrogens is 401 g/mol. The van der Waals surface area contributed by atoms with Crippen LogP contribution in [0.2, 0.25) is 0 Å². The average molecular weight is 428 g/mol. The van der Waals surface area contributed by atoms with E-state index in [1.54, 1.807) is 6.07 Å². The number of carbonyl (C=O) groups is 1. The molecule has 2 aromatic heterocycles. The average Bonchev–Trinajstić information content (AvgIpc) is 3.40. The highest BCUT2D eigenvalue weighted by Crippen LogP contribution is 2.32. The smallest absolute Gasteiger partial charge is 0.227 e. The van der Waals surface area contributed by atoms with Gasteiger partial charge in [-0.3, -0.25) is 9.78 Å². The van der Waals surface area contributed by atoms with Crippen LogP contribution in [0.1, 0.15) is 47.0 Å². The number of fused-ring (bicyclic) bond motifs is 1. The van der Waals surface area contributed by atoms with Crippen molar-refractivity contribution in [2.75, 3.05) is 6.54 Å². The van der Waals surface area contributed by atoms with Gasteiger partial charge in [-0.25, -0.2) is 4.39 Å². The zero-order valence-electron chi connectivity index (χ0n) is 18.1. The molecule has 1 aliphatic heterocycles. The van der Waals surface area contributed by atoms with E-state index < -0.39 is 0 Å². The molecule has 1 saturated heterocycles. The Morgan fingerprint density at radius 1 is 1.12 bits per heavy atom. The number of halogens is 1. The van der Waals surface area contributed by atoms with Gasteiger partial charge in [-0.05, 0) is 67.1 Å². The van der Waals surface area contributed by atoms with Gasteiger partial charge < -0.3 is 9.88 Å². The zero-order valence-corrected chi connectivity index (χ0v) is 18.1. The Morgan fingerprint density at radius 3 is 2.75 bits per heavy atom. The first-order valence-corrected chi connectivity index (χ1v) is 11.1. The lowest BCUT2D eigenvalue weighted by Crippen LogP contribution is -2.32. The summed E-state index contributed by atoms with van der Waals surface area (Å²) in [6, 6.07) is 19.2. The number of aryl methyl sites for hydroxylation is 1. The summed E-state index contributed by atoms with van der Waals surface area (Å²) in [4.78, 5) is 23.2. The van der Waals surface area contributed by atoms with E-state index in [-0.39, 0.29) is 24.2 Å². The molecule has 0 spiro atoms. The van der Waals surface area contributed by atoms with E-state index in [9.17, 15) is 9.18 Å². The topological polar surface area (TPSA) is 49.0 Å². The van der Waals surface area contributed by atoms with Crippen molar-refractivity contribution in [1.82, 2.24) is 14.9 Å². The van der Waals surface area contributed by atoms with Crippen molar-refractivity contribution in [3.05, 3.63) is 101 Å². The second-order valence-electron chi connectivity index (χ2n) is 8.59. The second-order valence-corrected chi connectivity index (χ2v) is 8.59. The molecule has 0 aliphatic carbocycles. The van der Waals surface area contributed by atoms with Gasteiger partial charge in [0.15, 0.2) is 0 Å². The summed E-state index contributed by atoms with van der Waals surface area (Å²) in [5.41, 5.74) is 6.01. The van der Waals surface area contributed by atoms with Crippen LogP contribution < -0.4 is 0 Å². The van der Waals surface area contributed by atoms with Gasteiger partial charge >= 0.3 is 0 Å². The maximum absolute atomic E-state index is 13.8. The number of hydrogen-bond donors (Lipinski definition) is 1. The van der Waals surface area contributed by atoms with Crippen molar-refractivity contribution >= 4 is 16.8 Å². The van der Waals surface area contributed by atoms with Crippen LogP contribution in [0.5, 0.6) is 0 Å². The minimum Gasteiger partial charge on any atom is -0.358 e. The molecule has 1 aliphatic rings. The molecule has 4 nitrogen and oxygen atoms in total. The molecule has 0 radical (unpaired) electrons. The number of hydrogen-bond acceptors (Lipinski definition) is 2. The number of nitrogens with zero attached hydrogens (tertiary/aromatic N) is 2. The summed E-state index contributed by atoms with van der Waals surface area (Å²) in [5, 5.41) is 0.787. The standard InChI is InChI=1S/C27H26FN3O/c1-18-22(23-15-21(28)10-12-24(23)30-18)16-27(32)31-13-5-8-26(31)25-11-9-20(17-29-25)14-19-6-3-2-4-7-19/h2-4,6-7,9-12,15,17,26,30H,5,8,13-14,16H2,1H3/t26-/m1/s1. The molecule has 1 N–H and O–H groups in total. The van der Waals surface area contributed by atoms with Crippen LogP contribution in [0.3, 0.4) is 0 Å². The maximum atomic E-state index is 13.8. The van der Waals surface area contributed by atoms with E-state index in [1.807, 2.05) is 36.2 Å². The molecule has 0 unspecified atom stereocenters. The number of carbonyl (C=O) groups excluding carboxylic acids is 1. The maximum Gasteiger partial charge on any atom is 0.227 e. The quantitative estimate of drug-likeness (QED) is 0.457. The molecule has 162 valence electrons. The summed E-state index contributed by atoms with van der Waals surface area (Å²) in [5.74, 6) is -0.222. The summed E-state index contributed by atoms with van der Waals surface area (Å²) in [6.45, 7) is 2.67. The number of nitrogens with one attached hydrogen (secondary N) is 1. The first-order valence-electron chi connectivity index (χ1n) is 11.1. The van der Waals surface area contributed by atoms with Gasteiger partial charge in [0.2, 0.25) is 5.91 Å². The molecule has 1 atom stereocenters. The predicted octanol–water partition coefficient (Wildman–Crippen LogP) is 5.51. The van der Waals surface area contributed by atoms with E-state index in [1.165, 1.54) is 17.7 Å². The van der Waals surface area contributed by atoms with Crippen LogP contribution in [0.15, 0.2) is 66.9 Å². The van der Waals surface area contributed by atoms with Crippen LogP contribution in [-0.4, -0.2) is 27.3 Å². The van der Waals surface area contributed by atoms with Gasteiger partial charge in [-0.2, -0.15) is 0 Å². The molecule has 0 saturated carbocycles. The fraction of sp³-hybridized carbons (Fsp3) is 0.259. The summed E-state index contributed by atoms with van der Waals surface area (Å²) >= 11 is 0. The number of aromatic nitrogens is 2.